The minimum Gasteiger partial charge on any atom is -0.369 e. The van der Waals surface area contributed by atoms with Gasteiger partial charge in [-0.3, -0.25) is 9.69 Å². The summed E-state index contributed by atoms with van der Waals surface area (Å²) in [5.41, 5.74) is 11.9. The fraction of sp³-hybridized carbons (Fsp3) is 0.417. The summed E-state index contributed by atoms with van der Waals surface area (Å²) in [6.07, 6.45) is 0.813. The number of nitrogens with two attached hydrogens (primary N) is 2. The number of rotatable bonds is 6. The largest absolute Gasteiger partial charge is 0.369 e. The highest BCUT2D eigenvalue weighted by molar-refractivity contribution is 5.75. The van der Waals surface area contributed by atoms with Gasteiger partial charge in [-0.2, -0.15) is 0 Å². The first kappa shape index (κ1) is 12.7. The number of carbonyl (C=O) groups is 1. The number of carbonyl (C=O) groups excluding carboxylic acids is 1. The van der Waals surface area contributed by atoms with Gasteiger partial charge in [-0.05, 0) is 25.6 Å². The van der Waals surface area contributed by atoms with Crippen molar-refractivity contribution in [2.75, 3.05) is 20.1 Å². The fourth-order valence-corrected chi connectivity index (χ4v) is 1.83. The molecule has 0 aliphatic carbocycles. The number of amides is 1. The highest BCUT2D eigenvalue weighted by atomic mass is 16.1. The molecule has 0 aliphatic rings. The Kier molecular flexibility index (Phi) is 4.95. The minimum atomic E-state index is -0.319. The van der Waals surface area contributed by atoms with Crippen molar-refractivity contribution in [3.63, 3.8) is 0 Å². The van der Waals surface area contributed by atoms with Crippen molar-refractivity contribution in [3.05, 3.63) is 35.9 Å². The highest BCUT2D eigenvalue weighted by Crippen LogP contribution is 2.21. The Labute approximate surface area is 96.2 Å². The molecule has 0 heterocycles. The van der Waals surface area contributed by atoms with Gasteiger partial charge in [0.25, 0.3) is 0 Å². The first-order valence-electron chi connectivity index (χ1n) is 5.38. The molecule has 16 heavy (non-hydrogen) atoms. The number of benzene rings is 1. The molecular formula is C12H19N3O. The molecule has 4 heteroatoms. The maximum atomic E-state index is 10.9. The van der Waals surface area contributed by atoms with Crippen LogP contribution in [0.5, 0.6) is 0 Å². The second-order valence-corrected chi connectivity index (χ2v) is 3.89. The Bertz CT molecular complexity index is 326. The monoisotopic (exact) mass is 221 g/mol. The van der Waals surface area contributed by atoms with Crippen LogP contribution in [0.4, 0.5) is 0 Å². The van der Waals surface area contributed by atoms with Crippen molar-refractivity contribution in [1.29, 1.82) is 0 Å². The lowest BCUT2D eigenvalue weighted by atomic mass is 10.0. The van der Waals surface area contributed by atoms with Gasteiger partial charge in [0, 0.05) is 6.04 Å². The topological polar surface area (TPSA) is 72.3 Å². The molecule has 1 aromatic carbocycles. The average Bonchev–Trinajstić information content (AvgIpc) is 2.26. The molecule has 0 aromatic heterocycles. The SMILES string of the molecule is CN(CC(N)=O)C(CCN)c1ccccc1. The molecule has 1 atom stereocenters. The Balaban J connectivity index is 2.78. The van der Waals surface area contributed by atoms with Crippen molar-refractivity contribution >= 4 is 5.91 Å². The number of nitrogens with zero attached hydrogens (tertiary/aromatic N) is 1. The summed E-state index contributed by atoms with van der Waals surface area (Å²) in [6.45, 7) is 0.836. The molecule has 1 aromatic rings. The molecule has 0 bridgehead atoms. The van der Waals surface area contributed by atoms with Crippen LogP contribution in [0.2, 0.25) is 0 Å². The lowest BCUT2D eigenvalue weighted by Crippen LogP contribution is -2.34. The van der Waals surface area contributed by atoms with Crippen LogP contribution in [0.25, 0.3) is 0 Å². The summed E-state index contributed by atoms with van der Waals surface area (Å²) < 4.78 is 0. The maximum absolute atomic E-state index is 10.9. The van der Waals surface area contributed by atoms with Crippen molar-refractivity contribution in [2.24, 2.45) is 11.5 Å². The Morgan fingerprint density at radius 2 is 2.00 bits per heavy atom. The molecule has 88 valence electrons. The molecule has 0 fully saturated rings. The average molecular weight is 221 g/mol. The molecule has 0 aliphatic heterocycles. The van der Waals surface area contributed by atoms with E-state index in [9.17, 15) is 4.79 Å². The van der Waals surface area contributed by atoms with Crippen LogP contribution in [0, 0.1) is 0 Å². The summed E-state index contributed by atoms with van der Waals surface area (Å²) in [4.78, 5) is 12.8. The summed E-state index contributed by atoms with van der Waals surface area (Å²) in [6, 6.07) is 10.2. The predicted molar refractivity (Wildman–Crippen MR) is 64.7 cm³/mol. The minimum absolute atomic E-state index is 0.152. The van der Waals surface area contributed by atoms with Crippen LogP contribution >= 0.6 is 0 Å². The Morgan fingerprint density at radius 1 is 1.38 bits per heavy atom. The maximum Gasteiger partial charge on any atom is 0.231 e. The summed E-state index contributed by atoms with van der Waals surface area (Å²) in [7, 11) is 1.89. The molecule has 4 nitrogen and oxygen atoms in total. The van der Waals surface area contributed by atoms with E-state index in [1.165, 1.54) is 0 Å². The van der Waals surface area contributed by atoms with E-state index >= 15 is 0 Å². The van der Waals surface area contributed by atoms with Crippen LogP contribution in [-0.2, 0) is 4.79 Å². The van der Waals surface area contributed by atoms with Crippen molar-refractivity contribution in [1.82, 2.24) is 4.90 Å². The lowest BCUT2D eigenvalue weighted by Gasteiger charge is -2.27. The van der Waals surface area contributed by atoms with E-state index in [4.69, 9.17) is 11.5 Å². The molecule has 1 rings (SSSR count). The van der Waals surface area contributed by atoms with Crippen molar-refractivity contribution in [2.45, 2.75) is 12.5 Å². The Hall–Kier alpha value is -1.39. The number of likely N-dealkylation sites (N-methyl/N-ethyl adjacent to an activating group) is 1. The third kappa shape index (κ3) is 3.64. The molecule has 0 spiro atoms. The number of primary amides is 1. The van der Waals surface area contributed by atoms with Crippen LogP contribution in [0.15, 0.2) is 30.3 Å². The first-order chi connectivity index (χ1) is 7.65. The van der Waals surface area contributed by atoms with E-state index in [1.807, 2.05) is 42.3 Å². The second kappa shape index (κ2) is 6.25. The molecular weight excluding hydrogens is 202 g/mol. The quantitative estimate of drug-likeness (QED) is 0.734. The van der Waals surface area contributed by atoms with Crippen LogP contribution in [0.3, 0.4) is 0 Å². The van der Waals surface area contributed by atoms with Gasteiger partial charge in [0.15, 0.2) is 0 Å². The third-order valence-corrected chi connectivity index (χ3v) is 2.56. The zero-order chi connectivity index (χ0) is 12.0. The van der Waals surface area contributed by atoms with Gasteiger partial charge in [0.1, 0.15) is 0 Å². The fourth-order valence-electron chi connectivity index (χ4n) is 1.83. The zero-order valence-electron chi connectivity index (χ0n) is 9.60. The van der Waals surface area contributed by atoms with E-state index in [2.05, 4.69) is 0 Å². The van der Waals surface area contributed by atoms with Gasteiger partial charge in [-0.15, -0.1) is 0 Å². The van der Waals surface area contributed by atoms with Crippen LogP contribution < -0.4 is 11.5 Å². The van der Waals surface area contributed by atoms with E-state index in [0.717, 1.165) is 12.0 Å². The van der Waals surface area contributed by atoms with Gasteiger partial charge >= 0.3 is 0 Å². The predicted octanol–water partition coefficient (Wildman–Crippen LogP) is 0.494. The van der Waals surface area contributed by atoms with E-state index < -0.39 is 0 Å². The van der Waals surface area contributed by atoms with Crippen LogP contribution in [0.1, 0.15) is 18.0 Å². The normalized spacial score (nSPS) is 12.7. The van der Waals surface area contributed by atoms with Gasteiger partial charge in [0.05, 0.1) is 6.54 Å². The third-order valence-electron chi connectivity index (χ3n) is 2.56. The smallest absolute Gasteiger partial charge is 0.231 e. The summed E-state index contributed by atoms with van der Waals surface area (Å²) in [5, 5.41) is 0. The molecule has 1 amide bonds. The molecule has 4 N–H and O–H groups in total. The van der Waals surface area contributed by atoms with Gasteiger partial charge < -0.3 is 11.5 Å². The van der Waals surface area contributed by atoms with Gasteiger partial charge in [0.2, 0.25) is 5.91 Å². The summed E-state index contributed by atoms with van der Waals surface area (Å²) >= 11 is 0. The van der Waals surface area contributed by atoms with E-state index in [1.54, 1.807) is 0 Å². The summed E-state index contributed by atoms with van der Waals surface area (Å²) in [5.74, 6) is -0.319. The van der Waals surface area contributed by atoms with Crippen molar-refractivity contribution in [3.8, 4) is 0 Å². The van der Waals surface area contributed by atoms with Crippen molar-refractivity contribution < 1.29 is 4.79 Å². The van der Waals surface area contributed by atoms with Crippen LogP contribution in [-0.4, -0.2) is 30.9 Å². The number of hydrogen-bond acceptors (Lipinski definition) is 3. The standard InChI is InChI=1S/C12H19N3O/c1-15(9-12(14)16)11(7-8-13)10-5-3-2-4-6-10/h2-6,11H,7-9,13H2,1H3,(H2,14,16). The second-order valence-electron chi connectivity index (χ2n) is 3.89. The Morgan fingerprint density at radius 3 is 2.50 bits per heavy atom. The van der Waals surface area contributed by atoms with Gasteiger partial charge in [-0.25, -0.2) is 0 Å². The lowest BCUT2D eigenvalue weighted by molar-refractivity contribution is -0.119. The van der Waals surface area contributed by atoms with Gasteiger partial charge in [-0.1, -0.05) is 30.3 Å². The zero-order valence-corrected chi connectivity index (χ0v) is 9.60. The van der Waals surface area contributed by atoms with E-state index in [0.29, 0.717) is 6.54 Å². The molecule has 0 saturated carbocycles. The number of hydrogen-bond donors (Lipinski definition) is 2. The highest BCUT2D eigenvalue weighted by Gasteiger charge is 2.17. The molecule has 0 saturated heterocycles. The van der Waals surface area contributed by atoms with E-state index in [-0.39, 0.29) is 18.5 Å². The molecule has 1 unspecified atom stereocenters. The molecule has 0 radical (unpaired) electrons. The first-order valence-corrected chi connectivity index (χ1v) is 5.38.